The van der Waals surface area contributed by atoms with Crippen molar-refractivity contribution in [2.45, 2.75) is 40.8 Å². The van der Waals surface area contributed by atoms with Gasteiger partial charge in [-0.15, -0.1) is 0 Å². The largest absolute Gasteiger partial charge is 0.280 e. The molecule has 0 bridgehead atoms. The van der Waals surface area contributed by atoms with Gasteiger partial charge in [0.15, 0.2) is 5.13 Å². The standard InChI is InChI=1S/C22H23N5OS/c1-14-9-15(2)21-19(10-14)29-22(24-21)26(12-18-7-5-6-8-23-18)20(28)13-27-17(4)11-16(3)25-27/h5-11H,12-13H2,1-4H3. The first-order valence-electron chi connectivity index (χ1n) is 9.50. The number of fused-ring (bicyclic) bond motifs is 1. The van der Waals surface area contributed by atoms with Gasteiger partial charge in [-0.3, -0.25) is 19.4 Å². The summed E-state index contributed by atoms with van der Waals surface area (Å²) in [6.45, 7) is 8.56. The Morgan fingerprint density at radius 3 is 2.66 bits per heavy atom. The molecule has 4 rings (SSSR count). The molecule has 3 heterocycles. The van der Waals surface area contributed by atoms with Crippen molar-refractivity contribution < 1.29 is 4.79 Å². The van der Waals surface area contributed by atoms with Gasteiger partial charge in [0, 0.05) is 11.9 Å². The normalized spacial score (nSPS) is 11.2. The van der Waals surface area contributed by atoms with Crippen molar-refractivity contribution in [3.63, 3.8) is 0 Å². The molecule has 1 aromatic carbocycles. The zero-order valence-corrected chi connectivity index (χ0v) is 17.8. The summed E-state index contributed by atoms with van der Waals surface area (Å²) in [4.78, 5) is 24.2. The number of thiazole rings is 1. The summed E-state index contributed by atoms with van der Waals surface area (Å²) in [6.07, 6.45) is 1.74. The Hall–Kier alpha value is -3.06. The fourth-order valence-corrected chi connectivity index (χ4v) is 4.60. The molecule has 0 aliphatic rings. The molecule has 148 valence electrons. The van der Waals surface area contributed by atoms with Gasteiger partial charge in [0.1, 0.15) is 6.54 Å². The molecule has 0 N–H and O–H groups in total. The number of carbonyl (C=O) groups excluding carboxylic acids is 1. The first kappa shape index (κ1) is 19.3. The SMILES string of the molecule is Cc1cc(C)c2nc(N(Cc3ccccn3)C(=O)Cn3nc(C)cc3C)sc2c1. The van der Waals surface area contributed by atoms with Crippen molar-refractivity contribution >= 4 is 32.6 Å². The zero-order valence-electron chi connectivity index (χ0n) is 17.0. The number of amides is 1. The molecule has 7 heteroatoms. The van der Waals surface area contributed by atoms with Gasteiger partial charge >= 0.3 is 0 Å². The van der Waals surface area contributed by atoms with Crippen molar-refractivity contribution in [3.05, 3.63) is 70.8 Å². The molecule has 3 aromatic heterocycles. The summed E-state index contributed by atoms with van der Waals surface area (Å²) in [6, 6.07) is 11.9. The fraction of sp³-hybridized carbons (Fsp3) is 0.273. The quantitative estimate of drug-likeness (QED) is 0.495. The van der Waals surface area contributed by atoms with Crippen LogP contribution in [-0.2, 0) is 17.9 Å². The van der Waals surface area contributed by atoms with Crippen LogP contribution in [0.5, 0.6) is 0 Å². The highest BCUT2D eigenvalue weighted by molar-refractivity contribution is 7.22. The Morgan fingerprint density at radius 1 is 1.14 bits per heavy atom. The summed E-state index contributed by atoms with van der Waals surface area (Å²) in [5, 5.41) is 5.12. The smallest absolute Gasteiger partial charge is 0.250 e. The maximum absolute atomic E-state index is 13.3. The Morgan fingerprint density at radius 2 is 1.97 bits per heavy atom. The minimum absolute atomic E-state index is 0.0599. The van der Waals surface area contributed by atoms with Gasteiger partial charge in [-0.05, 0) is 63.1 Å². The van der Waals surface area contributed by atoms with Crippen LogP contribution in [0.1, 0.15) is 28.2 Å². The van der Waals surface area contributed by atoms with E-state index >= 15 is 0 Å². The summed E-state index contributed by atoms with van der Waals surface area (Å²) in [5.41, 5.74) is 5.94. The summed E-state index contributed by atoms with van der Waals surface area (Å²) in [5.74, 6) is -0.0599. The van der Waals surface area contributed by atoms with Gasteiger partial charge in [0.25, 0.3) is 5.91 Å². The summed E-state index contributed by atoms with van der Waals surface area (Å²) >= 11 is 1.54. The van der Waals surface area contributed by atoms with E-state index in [4.69, 9.17) is 4.98 Å². The van der Waals surface area contributed by atoms with Gasteiger partial charge in [-0.25, -0.2) is 4.98 Å². The third kappa shape index (κ3) is 4.05. The molecule has 0 atom stereocenters. The van der Waals surface area contributed by atoms with Gasteiger partial charge in [0.05, 0.1) is 28.1 Å². The Labute approximate surface area is 173 Å². The lowest BCUT2D eigenvalue weighted by atomic mass is 10.1. The second-order valence-electron chi connectivity index (χ2n) is 7.31. The van der Waals surface area contributed by atoms with Crippen LogP contribution >= 0.6 is 11.3 Å². The van der Waals surface area contributed by atoms with E-state index in [1.165, 1.54) is 16.9 Å². The number of hydrogen-bond acceptors (Lipinski definition) is 5. The third-order valence-electron chi connectivity index (χ3n) is 4.79. The molecule has 0 saturated heterocycles. The van der Waals surface area contributed by atoms with E-state index in [1.54, 1.807) is 15.8 Å². The highest BCUT2D eigenvalue weighted by Gasteiger charge is 2.22. The van der Waals surface area contributed by atoms with Gasteiger partial charge in [-0.1, -0.05) is 23.5 Å². The number of hydrogen-bond donors (Lipinski definition) is 0. The number of nitrogens with zero attached hydrogens (tertiary/aromatic N) is 5. The molecule has 29 heavy (non-hydrogen) atoms. The molecular weight excluding hydrogens is 382 g/mol. The lowest BCUT2D eigenvalue weighted by Crippen LogP contribution is -2.34. The molecule has 4 aromatic rings. The summed E-state index contributed by atoms with van der Waals surface area (Å²) in [7, 11) is 0. The zero-order chi connectivity index (χ0) is 20.5. The van der Waals surface area contributed by atoms with Crippen molar-refractivity contribution in [1.29, 1.82) is 0 Å². The molecule has 1 amide bonds. The lowest BCUT2D eigenvalue weighted by Gasteiger charge is -2.20. The maximum Gasteiger partial charge on any atom is 0.250 e. The molecule has 0 radical (unpaired) electrons. The third-order valence-corrected chi connectivity index (χ3v) is 5.81. The molecular formula is C22H23N5OS. The molecule has 0 aliphatic heterocycles. The van der Waals surface area contributed by atoms with Gasteiger partial charge < -0.3 is 0 Å². The van der Waals surface area contributed by atoms with E-state index in [-0.39, 0.29) is 12.5 Å². The van der Waals surface area contributed by atoms with Crippen molar-refractivity contribution in [2.24, 2.45) is 0 Å². The Balaban J connectivity index is 1.72. The van der Waals surface area contributed by atoms with Crippen LogP contribution in [0.4, 0.5) is 5.13 Å². The van der Waals surface area contributed by atoms with Crippen LogP contribution < -0.4 is 4.90 Å². The predicted octanol–water partition coefficient (Wildman–Crippen LogP) is 4.35. The summed E-state index contributed by atoms with van der Waals surface area (Å²) < 4.78 is 2.83. The van der Waals surface area contributed by atoms with E-state index in [2.05, 4.69) is 36.1 Å². The van der Waals surface area contributed by atoms with E-state index in [1.807, 2.05) is 38.1 Å². The van der Waals surface area contributed by atoms with Crippen LogP contribution in [0.2, 0.25) is 0 Å². The lowest BCUT2D eigenvalue weighted by molar-refractivity contribution is -0.119. The molecule has 0 spiro atoms. The molecule has 0 saturated carbocycles. The fourth-order valence-electron chi connectivity index (χ4n) is 3.44. The number of carbonyl (C=O) groups is 1. The number of benzene rings is 1. The van der Waals surface area contributed by atoms with E-state index in [9.17, 15) is 4.79 Å². The van der Waals surface area contributed by atoms with Crippen LogP contribution in [0, 0.1) is 27.7 Å². The average Bonchev–Trinajstić information content (AvgIpc) is 3.23. The number of rotatable bonds is 5. The Kier molecular flexibility index (Phi) is 5.15. The second-order valence-corrected chi connectivity index (χ2v) is 8.32. The minimum atomic E-state index is -0.0599. The molecule has 0 fully saturated rings. The first-order valence-corrected chi connectivity index (χ1v) is 10.3. The molecule has 0 unspecified atom stereocenters. The monoisotopic (exact) mass is 405 g/mol. The topological polar surface area (TPSA) is 63.9 Å². The van der Waals surface area contributed by atoms with Gasteiger partial charge in [0.2, 0.25) is 0 Å². The van der Waals surface area contributed by atoms with Crippen LogP contribution in [-0.4, -0.2) is 25.7 Å². The number of aromatic nitrogens is 4. The molecule has 6 nitrogen and oxygen atoms in total. The second kappa shape index (κ2) is 7.75. The highest BCUT2D eigenvalue weighted by atomic mass is 32.1. The van der Waals surface area contributed by atoms with E-state index < -0.39 is 0 Å². The van der Waals surface area contributed by atoms with Crippen molar-refractivity contribution in [1.82, 2.24) is 19.7 Å². The van der Waals surface area contributed by atoms with Crippen LogP contribution in [0.3, 0.4) is 0 Å². The number of pyridine rings is 1. The minimum Gasteiger partial charge on any atom is -0.280 e. The van der Waals surface area contributed by atoms with Crippen LogP contribution in [0.25, 0.3) is 10.2 Å². The van der Waals surface area contributed by atoms with Gasteiger partial charge in [-0.2, -0.15) is 5.10 Å². The number of anilines is 1. The first-order chi connectivity index (χ1) is 13.9. The van der Waals surface area contributed by atoms with E-state index in [0.29, 0.717) is 11.7 Å². The predicted molar refractivity (Wildman–Crippen MR) is 116 cm³/mol. The van der Waals surface area contributed by atoms with Crippen molar-refractivity contribution in [2.75, 3.05) is 4.90 Å². The van der Waals surface area contributed by atoms with Crippen molar-refractivity contribution in [3.8, 4) is 0 Å². The van der Waals surface area contributed by atoms with Crippen LogP contribution in [0.15, 0.2) is 42.6 Å². The Bertz CT molecular complexity index is 1180. The molecule has 0 aliphatic carbocycles. The number of aryl methyl sites for hydroxylation is 4. The highest BCUT2D eigenvalue weighted by Crippen LogP contribution is 2.32. The maximum atomic E-state index is 13.3. The average molecular weight is 406 g/mol. The van der Waals surface area contributed by atoms with E-state index in [0.717, 1.165) is 32.9 Å².